The van der Waals surface area contributed by atoms with Crippen molar-refractivity contribution in [2.75, 3.05) is 18.1 Å². The number of benzene rings is 1. The van der Waals surface area contributed by atoms with Gasteiger partial charge in [-0.1, -0.05) is 37.6 Å². The SMILES string of the molecule is CCCCOc1ncccc1CNC(=O)C1CC(=O)N(c2ccccc2)C1. The molecule has 1 unspecified atom stereocenters. The Hall–Kier alpha value is -2.89. The average Bonchev–Trinajstić information content (AvgIpc) is 3.09. The van der Waals surface area contributed by atoms with Crippen LogP contribution in [0.2, 0.25) is 0 Å². The molecule has 0 spiro atoms. The van der Waals surface area contributed by atoms with Crippen molar-refractivity contribution in [2.24, 2.45) is 5.92 Å². The molecular formula is C21H25N3O3. The van der Waals surface area contributed by atoms with Crippen LogP contribution in [-0.4, -0.2) is 29.9 Å². The van der Waals surface area contributed by atoms with E-state index in [0.717, 1.165) is 24.1 Å². The first-order valence-electron chi connectivity index (χ1n) is 9.39. The van der Waals surface area contributed by atoms with Crippen LogP contribution in [0.4, 0.5) is 5.69 Å². The molecule has 1 fully saturated rings. The number of carbonyl (C=O) groups excluding carboxylic acids is 2. The van der Waals surface area contributed by atoms with E-state index in [-0.39, 0.29) is 24.2 Å². The fourth-order valence-electron chi connectivity index (χ4n) is 3.07. The maximum Gasteiger partial charge on any atom is 0.227 e. The van der Waals surface area contributed by atoms with E-state index in [4.69, 9.17) is 4.74 Å². The van der Waals surface area contributed by atoms with Gasteiger partial charge in [0.1, 0.15) is 0 Å². The van der Waals surface area contributed by atoms with E-state index in [1.54, 1.807) is 11.1 Å². The van der Waals surface area contributed by atoms with E-state index in [2.05, 4.69) is 17.2 Å². The van der Waals surface area contributed by atoms with Gasteiger partial charge in [-0.2, -0.15) is 0 Å². The number of hydrogen-bond donors (Lipinski definition) is 1. The summed E-state index contributed by atoms with van der Waals surface area (Å²) in [5.74, 6) is 0.0648. The maximum atomic E-state index is 12.6. The minimum atomic E-state index is -0.348. The Kier molecular flexibility index (Phi) is 6.41. The van der Waals surface area contributed by atoms with Gasteiger partial charge < -0.3 is 15.0 Å². The summed E-state index contributed by atoms with van der Waals surface area (Å²) in [6.07, 6.45) is 3.92. The lowest BCUT2D eigenvalue weighted by Crippen LogP contribution is -2.32. The number of amides is 2. The van der Waals surface area contributed by atoms with Gasteiger partial charge in [0.15, 0.2) is 0 Å². The molecule has 0 bridgehead atoms. The van der Waals surface area contributed by atoms with Crippen molar-refractivity contribution >= 4 is 17.5 Å². The van der Waals surface area contributed by atoms with Gasteiger partial charge in [-0.05, 0) is 24.6 Å². The summed E-state index contributed by atoms with van der Waals surface area (Å²) in [4.78, 5) is 30.8. The molecule has 6 heteroatoms. The topological polar surface area (TPSA) is 71.5 Å². The first kappa shape index (κ1) is 18.9. The van der Waals surface area contributed by atoms with Crippen LogP contribution in [0.3, 0.4) is 0 Å². The van der Waals surface area contributed by atoms with Gasteiger partial charge in [0.2, 0.25) is 17.7 Å². The van der Waals surface area contributed by atoms with Crippen LogP contribution < -0.4 is 15.0 Å². The molecule has 0 radical (unpaired) electrons. The van der Waals surface area contributed by atoms with Gasteiger partial charge in [-0.3, -0.25) is 9.59 Å². The van der Waals surface area contributed by atoms with E-state index in [0.29, 0.717) is 25.6 Å². The van der Waals surface area contributed by atoms with E-state index in [1.165, 1.54) is 0 Å². The Labute approximate surface area is 159 Å². The van der Waals surface area contributed by atoms with Crippen LogP contribution in [0.1, 0.15) is 31.7 Å². The summed E-state index contributed by atoms with van der Waals surface area (Å²) in [6, 6.07) is 13.2. The molecule has 2 amide bonds. The Balaban J connectivity index is 1.57. The number of para-hydroxylation sites is 1. The lowest BCUT2D eigenvalue weighted by atomic mass is 10.1. The molecule has 1 N–H and O–H groups in total. The zero-order chi connectivity index (χ0) is 19.1. The highest BCUT2D eigenvalue weighted by atomic mass is 16.5. The van der Waals surface area contributed by atoms with Crippen LogP contribution in [0.25, 0.3) is 0 Å². The molecule has 1 saturated heterocycles. The predicted molar refractivity (Wildman–Crippen MR) is 103 cm³/mol. The number of nitrogens with one attached hydrogen (secondary N) is 1. The van der Waals surface area contributed by atoms with Crippen molar-refractivity contribution in [2.45, 2.75) is 32.7 Å². The molecule has 1 atom stereocenters. The molecule has 0 aliphatic carbocycles. The van der Waals surface area contributed by atoms with Gasteiger partial charge in [-0.15, -0.1) is 0 Å². The van der Waals surface area contributed by atoms with Crippen molar-refractivity contribution in [1.29, 1.82) is 0 Å². The molecule has 3 rings (SSSR count). The molecule has 0 saturated carbocycles. The zero-order valence-electron chi connectivity index (χ0n) is 15.6. The van der Waals surface area contributed by atoms with Crippen molar-refractivity contribution in [3.05, 3.63) is 54.2 Å². The van der Waals surface area contributed by atoms with E-state index in [1.807, 2.05) is 42.5 Å². The van der Waals surface area contributed by atoms with Crippen LogP contribution in [0.5, 0.6) is 5.88 Å². The Morgan fingerprint density at radius 1 is 1.26 bits per heavy atom. The summed E-state index contributed by atoms with van der Waals surface area (Å²) in [7, 11) is 0. The van der Waals surface area contributed by atoms with Crippen LogP contribution in [0, 0.1) is 5.92 Å². The normalized spacial score (nSPS) is 16.4. The molecule has 2 aromatic rings. The number of rotatable bonds is 8. The monoisotopic (exact) mass is 367 g/mol. The summed E-state index contributed by atoms with van der Waals surface area (Å²) < 4.78 is 5.70. The number of ether oxygens (including phenoxy) is 1. The lowest BCUT2D eigenvalue weighted by Gasteiger charge is -2.16. The van der Waals surface area contributed by atoms with E-state index < -0.39 is 0 Å². The third-order valence-electron chi connectivity index (χ3n) is 4.60. The third kappa shape index (κ3) is 4.84. The third-order valence-corrected chi connectivity index (χ3v) is 4.60. The number of pyridine rings is 1. The minimum Gasteiger partial charge on any atom is -0.477 e. The number of hydrogen-bond acceptors (Lipinski definition) is 4. The summed E-state index contributed by atoms with van der Waals surface area (Å²) in [5, 5.41) is 2.93. The summed E-state index contributed by atoms with van der Waals surface area (Å²) in [5.41, 5.74) is 1.67. The van der Waals surface area contributed by atoms with Crippen LogP contribution >= 0.6 is 0 Å². The summed E-state index contributed by atoms with van der Waals surface area (Å²) >= 11 is 0. The molecule has 27 heavy (non-hydrogen) atoms. The Morgan fingerprint density at radius 2 is 2.07 bits per heavy atom. The number of anilines is 1. The van der Waals surface area contributed by atoms with E-state index >= 15 is 0 Å². The molecule has 1 aliphatic heterocycles. The minimum absolute atomic E-state index is 0.0219. The molecule has 2 heterocycles. The quantitative estimate of drug-likeness (QED) is 0.728. The molecule has 6 nitrogen and oxygen atoms in total. The standard InChI is InChI=1S/C21H25N3O3/c1-2-3-12-27-21-16(8-7-11-22-21)14-23-20(26)17-13-19(25)24(15-17)18-9-5-4-6-10-18/h4-11,17H,2-3,12-15H2,1H3,(H,23,26). The number of carbonyl (C=O) groups is 2. The average molecular weight is 367 g/mol. The van der Waals surface area contributed by atoms with Crippen LogP contribution in [0.15, 0.2) is 48.7 Å². The number of nitrogens with zero attached hydrogens (tertiary/aromatic N) is 2. The first-order valence-corrected chi connectivity index (χ1v) is 9.39. The van der Waals surface area contributed by atoms with Crippen LogP contribution in [-0.2, 0) is 16.1 Å². The van der Waals surface area contributed by atoms with Gasteiger partial charge in [-0.25, -0.2) is 4.98 Å². The van der Waals surface area contributed by atoms with Crippen molar-refractivity contribution in [3.63, 3.8) is 0 Å². The van der Waals surface area contributed by atoms with Gasteiger partial charge in [0, 0.05) is 37.0 Å². The Morgan fingerprint density at radius 3 is 2.85 bits per heavy atom. The highest BCUT2D eigenvalue weighted by Crippen LogP contribution is 2.25. The molecule has 1 aromatic heterocycles. The smallest absolute Gasteiger partial charge is 0.227 e. The largest absolute Gasteiger partial charge is 0.477 e. The van der Waals surface area contributed by atoms with Crippen molar-refractivity contribution < 1.29 is 14.3 Å². The van der Waals surface area contributed by atoms with Gasteiger partial charge in [0.25, 0.3) is 0 Å². The highest BCUT2D eigenvalue weighted by molar-refractivity contribution is 6.00. The fraction of sp³-hybridized carbons (Fsp3) is 0.381. The highest BCUT2D eigenvalue weighted by Gasteiger charge is 2.34. The maximum absolute atomic E-state index is 12.6. The zero-order valence-corrected chi connectivity index (χ0v) is 15.6. The molecular weight excluding hydrogens is 342 g/mol. The number of aromatic nitrogens is 1. The van der Waals surface area contributed by atoms with Gasteiger partial charge in [0.05, 0.1) is 12.5 Å². The second-order valence-electron chi connectivity index (χ2n) is 6.63. The first-order chi connectivity index (χ1) is 13.2. The van der Waals surface area contributed by atoms with Crippen molar-refractivity contribution in [1.82, 2.24) is 10.3 Å². The number of unbranched alkanes of at least 4 members (excludes halogenated alkanes) is 1. The van der Waals surface area contributed by atoms with Gasteiger partial charge >= 0.3 is 0 Å². The molecule has 142 valence electrons. The predicted octanol–water partition coefficient (Wildman–Crippen LogP) is 2.93. The second-order valence-corrected chi connectivity index (χ2v) is 6.63. The summed E-state index contributed by atoms with van der Waals surface area (Å²) in [6.45, 7) is 3.45. The molecule has 1 aliphatic rings. The Bertz CT molecular complexity index is 779. The molecule has 1 aromatic carbocycles. The van der Waals surface area contributed by atoms with Crippen molar-refractivity contribution in [3.8, 4) is 5.88 Å². The lowest BCUT2D eigenvalue weighted by molar-refractivity contribution is -0.126. The van der Waals surface area contributed by atoms with E-state index in [9.17, 15) is 9.59 Å². The second kappa shape index (κ2) is 9.16. The fourth-order valence-corrected chi connectivity index (χ4v) is 3.07.